The van der Waals surface area contributed by atoms with E-state index in [2.05, 4.69) is 18.9 Å². The number of hydrogen-bond donors (Lipinski definition) is 1. The van der Waals surface area contributed by atoms with E-state index in [1.165, 1.54) is 4.52 Å². The minimum absolute atomic E-state index is 0.0268. The molecule has 0 fully saturated rings. The number of hydrogen-bond acceptors (Lipinski definition) is 4. The van der Waals surface area contributed by atoms with Gasteiger partial charge in [0.15, 0.2) is 0 Å². The van der Waals surface area contributed by atoms with Crippen LogP contribution in [0.5, 0.6) is 11.8 Å². The summed E-state index contributed by atoms with van der Waals surface area (Å²) in [6.07, 6.45) is 4.20. The predicted octanol–water partition coefficient (Wildman–Crippen LogP) is 3.20. The molecule has 0 aliphatic rings. The molecular formula is C21H26N3O3+. The number of benzene rings is 1. The van der Waals surface area contributed by atoms with E-state index in [1.54, 1.807) is 16.7 Å². The maximum atomic E-state index is 13.0. The smallest absolute Gasteiger partial charge is 0.370 e. The molecule has 0 bridgehead atoms. The Labute approximate surface area is 158 Å². The SMILES string of the molecule is CCCCOc1ccc2n(n1)c(=O)c(CCCC)c(O)[n+]2-c1ccccc1. The fourth-order valence-electron chi connectivity index (χ4n) is 2.99. The number of rotatable bonds is 8. The normalized spacial score (nSPS) is 11.0. The summed E-state index contributed by atoms with van der Waals surface area (Å²) in [5.41, 5.74) is 1.33. The molecule has 0 saturated carbocycles. The molecule has 1 N–H and O–H groups in total. The number of para-hydroxylation sites is 1. The molecule has 27 heavy (non-hydrogen) atoms. The van der Waals surface area contributed by atoms with Gasteiger partial charge in [0.05, 0.1) is 6.61 Å². The molecule has 0 spiro atoms. The van der Waals surface area contributed by atoms with Gasteiger partial charge >= 0.3 is 11.2 Å². The van der Waals surface area contributed by atoms with Crippen molar-refractivity contribution in [2.24, 2.45) is 0 Å². The van der Waals surface area contributed by atoms with Crippen molar-refractivity contribution in [3.63, 3.8) is 0 Å². The van der Waals surface area contributed by atoms with Crippen molar-refractivity contribution in [2.75, 3.05) is 6.61 Å². The van der Waals surface area contributed by atoms with Crippen molar-refractivity contribution in [3.8, 4) is 17.4 Å². The minimum atomic E-state index is -0.302. The van der Waals surface area contributed by atoms with Crippen LogP contribution in [0.15, 0.2) is 47.3 Å². The van der Waals surface area contributed by atoms with Crippen LogP contribution in [0.25, 0.3) is 11.3 Å². The van der Waals surface area contributed by atoms with Gasteiger partial charge in [0.2, 0.25) is 0 Å². The number of ether oxygens (including phenoxy) is 1. The summed E-state index contributed by atoms with van der Waals surface area (Å²) in [4.78, 5) is 13.0. The standard InChI is InChI=1S/C21H25N3O3/c1-3-5-12-17-20(25)23(16-10-8-7-9-11-16)19-14-13-18(27-15-6-4-2)22-24(19)21(17)26/h7-11,13-14H,3-6,12,15H2,1-2H3/p+1. The fourth-order valence-corrected chi connectivity index (χ4v) is 2.99. The summed E-state index contributed by atoms with van der Waals surface area (Å²) >= 11 is 0. The molecule has 0 unspecified atom stereocenters. The molecule has 0 saturated heterocycles. The van der Waals surface area contributed by atoms with Crippen molar-refractivity contribution in [2.45, 2.75) is 46.0 Å². The third-order valence-electron chi connectivity index (χ3n) is 4.49. The van der Waals surface area contributed by atoms with E-state index in [9.17, 15) is 9.90 Å². The van der Waals surface area contributed by atoms with Gasteiger partial charge in [-0.05, 0) is 36.5 Å². The molecule has 1 aromatic carbocycles. The fraction of sp³-hybridized carbons (Fsp3) is 0.381. The Morgan fingerprint density at radius 1 is 1.07 bits per heavy atom. The Balaban J connectivity index is 2.21. The first kappa shape index (κ1) is 18.9. The molecule has 2 heterocycles. The quantitative estimate of drug-likeness (QED) is 0.490. The first-order chi connectivity index (χ1) is 13.2. The van der Waals surface area contributed by atoms with Crippen molar-refractivity contribution < 1.29 is 14.4 Å². The lowest BCUT2D eigenvalue weighted by atomic mass is 10.1. The van der Waals surface area contributed by atoms with Crippen LogP contribution >= 0.6 is 0 Å². The Morgan fingerprint density at radius 3 is 2.52 bits per heavy atom. The maximum absolute atomic E-state index is 13.0. The van der Waals surface area contributed by atoms with Crippen molar-refractivity contribution in [3.05, 3.63) is 58.4 Å². The number of unbranched alkanes of at least 4 members (excludes halogenated alkanes) is 2. The van der Waals surface area contributed by atoms with E-state index in [4.69, 9.17) is 4.74 Å². The van der Waals surface area contributed by atoms with Gasteiger partial charge in [-0.2, -0.15) is 4.57 Å². The highest BCUT2D eigenvalue weighted by Crippen LogP contribution is 2.17. The molecular weight excluding hydrogens is 342 g/mol. The average molecular weight is 368 g/mol. The van der Waals surface area contributed by atoms with Crippen molar-refractivity contribution in [1.29, 1.82) is 0 Å². The molecule has 6 heteroatoms. The van der Waals surface area contributed by atoms with Gasteiger partial charge in [-0.3, -0.25) is 0 Å². The third-order valence-corrected chi connectivity index (χ3v) is 4.49. The van der Waals surface area contributed by atoms with Crippen LogP contribution < -0.4 is 14.9 Å². The molecule has 3 rings (SSSR count). The van der Waals surface area contributed by atoms with Gasteiger partial charge in [0.25, 0.3) is 11.8 Å². The van der Waals surface area contributed by atoms with Gasteiger partial charge in [0.1, 0.15) is 11.3 Å². The minimum Gasteiger partial charge on any atom is -0.477 e. The van der Waals surface area contributed by atoms with E-state index in [0.717, 1.165) is 31.4 Å². The zero-order valence-corrected chi connectivity index (χ0v) is 15.9. The number of aromatic nitrogens is 3. The Hall–Kier alpha value is -2.89. The molecule has 3 aromatic rings. The largest absolute Gasteiger partial charge is 0.477 e. The van der Waals surface area contributed by atoms with E-state index in [0.29, 0.717) is 30.1 Å². The first-order valence-electron chi connectivity index (χ1n) is 9.55. The molecule has 0 radical (unpaired) electrons. The molecule has 142 valence electrons. The number of nitrogens with zero attached hydrogens (tertiary/aromatic N) is 3. The molecule has 0 aliphatic heterocycles. The second-order valence-corrected chi connectivity index (χ2v) is 6.53. The second-order valence-electron chi connectivity index (χ2n) is 6.53. The van der Waals surface area contributed by atoms with Crippen LogP contribution in [0.1, 0.15) is 45.1 Å². The zero-order valence-electron chi connectivity index (χ0n) is 15.9. The zero-order chi connectivity index (χ0) is 19.2. The van der Waals surface area contributed by atoms with Crippen LogP contribution in [0, 0.1) is 0 Å². The van der Waals surface area contributed by atoms with E-state index in [1.807, 2.05) is 30.3 Å². The highest BCUT2D eigenvalue weighted by atomic mass is 16.5. The first-order valence-corrected chi connectivity index (χ1v) is 9.55. The second kappa shape index (κ2) is 8.66. The summed E-state index contributed by atoms with van der Waals surface area (Å²) in [5, 5.41) is 15.3. The van der Waals surface area contributed by atoms with Crippen molar-refractivity contribution >= 4 is 5.65 Å². The maximum Gasteiger partial charge on any atom is 0.370 e. The number of aromatic hydroxyl groups is 1. The van der Waals surface area contributed by atoms with Crippen LogP contribution in [-0.4, -0.2) is 21.3 Å². The summed E-state index contributed by atoms with van der Waals surface area (Å²) in [6, 6.07) is 13.0. The monoisotopic (exact) mass is 368 g/mol. The highest BCUT2D eigenvalue weighted by Gasteiger charge is 2.26. The molecule has 0 amide bonds. The summed E-state index contributed by atoms with van der Waals surface area (Å²) < 4.78 is 8.66. The summed E-state index contributed by atoms with van der Waals surface area (Å²) in [6.45, 7) is 4.70. The van der Waals surface area contributed by atoms with E-state index < -0.39 is 0 Å². The topological polar surface area (TPSA) is 67.7 Å². The number of fused-ring (bicyclic) bond motifs is 1. The summed E-state index contributed by atoms with van der Waals surface area (Å²) in [5.74, 6) is 0.380. The van der Waals surface area contributed by atoms with Crippen LogP contribution in [0.4, 0.5) is 0 Å². The Bertz CT molecular complexity index is 968. The van der Waals surface area contributed by atoms with Gasteiger partial charge < -0.3 is 9.84 Å². The average Bonchev–Trinajstić information content (AvgIpc) is 2.69. The third kappa shape index (κ3) is 3.94. The Morgan fingerprint density at radius 2 is 1.81 bits per heavy atom. The van der Waals surface area contributed by atoms with Crippen LogP contribution in [-0.2, 0) is 6.42 Å². The van der Waals surface area contributed by atoms with E-state index in [-0.39, 0.29) is 11.4 Å². The summed E-state index contributed by atoms with van der Waals surface area (Å²) in [7, 11) is 0. The highest BCUT2D eigenvalue weighted by molar-refractivity contribution is 5.39. The van der Waals surface area contributed by atoms with Crippen LogP contribution in [0.3, 0.4) is 0 Å². The molecule has 6 nitrogen and oxygen atoms in total. The van der Waals surface area contributed by atoms with Crippen LogP contribution in [0.2, 0.25) is 0 Å². The van der Waals surface area contributed by atoms with Gasteiger partial charge in [-0.1, -0.05) is 49.4 Å². The Kier molecular flexibility index (Phi) is 6.06. The lowest BCUT2D eigenvalue weighted by molar-refractivity contribution is -0.581. The predicted molar refractivity (Wildman–Crippen MR) is 104 cm³/mol. The molecule has 0 aliphatic carbocycles. The molecule has 0 atom stereocenters. The van der Waals surface area contributed by atoms with Gasteiger partial charge in [-0.25, -0.2) is 4.79 Å². The lowest BCUT2D eigenvalue weighted by Crippen LogP contribution is -2.40. The van der Waals surface area contributed by atoms with Crippen molar-refractivity contribution in [1.82, 2.24) is 9.61 Å². The van der Waals surface area contributed by atoms with Gasteiger partial charge in [0, 0.05) is 12.1 Å². The van der Waals surface area contributed by atoms with E-state index >= 15 is 0 Å². The van der Waals surface area contributed by atoms with Gasteiger partial charge in [-0.15, -0.1) is 0 Å². The molecule has 2 aromatic heterocycles. The lowest BCUT2D eigenvalue weighted by Gasteiger charge is -2.09.